The summed E-state index contributed by atoms with van der Waals surface area (Å²) in [6, 6.07) is 12.1. The van der Waals surface area contributed by atoms with Crippen LogP contribution in [0.15, 0.2) is 36.4 Å². The van der Waals surface area contributed by atoms with Crippen LogP contribution in [0.4, 0.5) is 0 Å². The van der Waals surface area contributed by atoms with Gasteiger partial charge in [0.05, 0.1) is 13.2 Å². The first-order chi connectivity index (χ1) is 12.5. The summed E-state index contributed by atoms with van der Waals surface area (Å²) in [6.45, 7) is 5.78. The third kappa shape index (κ3) is 2.79. The van der Waals surface area contributed by atoms with Crippen LogP contribution in [0.2, 0.25) is 0 Å². The maximum Gasteiger partial charge on any atom is 0.268 e. The van der Waals surface area contributed by atoms with E-state index in [2.05, 4.69) is 36.5 Å². The van der Waals surface area contributed by atoms with Crippen LogP contribution in [-0.4, -0.2) is 36.2 Å². The van der Waals surface area contributed by atoms with E-state index in [1.807, 2.05) is 31.3 Å². The molecule has 2 aromatic carbocycles. The Bertz CT molecular complexity index is 993. The van der Waals surface area contributed by atoms with Gasteiger partial charge in [0.2, 0.25) is 0 Å². The van der Waals surface area contributed by atoms with Crippen LogP contribution in [0, 0.1) is 6.92 Å². The number of carbonyl (C=O) groups is 1. The fraction of sp³-hybridized carbons (Fsp3) is 0.286. The molecule has 134 valence electrons. The number of hydrazine groups is 1. The fourth-order valence-corrected chi connectivity index (χ4v) is 3.38. The second-order valence-corrected chi connectivity index (χ2v) is 7.30. The molecule has 2 aliphatic heterocycles. The maximum absolute atomic E-state index is 12.8. The van der Waals surface area contributed by atoms with Crippen LogP contribution in [-0.2, 0) is 4.74 Å². The number of nitrogens with two attached hydrogens (primary N) is 1. The Morgan fingerprint density at radius 3 is 2.73 bits per heavy atom. The van der Waals surface area contributed by atoms with Crippen LogP contribution < -0.4 is 21.6 Å². The summed E-state index contributed by atoms with van der Waals surface area (Å²) < 4.78 is 5.22. The molecule has 2 heterocycles. The van der Waals surface area contributed by atoms with Gasteiger partial charge in [0, 0.05) is 18.3 Å². The molecule has 1 saturated heterocycles. The van der Waals surface area contributed by atoms with Crippen LogP contribution in [0.5, 0.6) is 0 Å². The number of aryl methyl sites for hydroxylation is 1. The van der Waals surface area contributed by atoms with E-state index < -0.39 is 5.54 Å². The van der Waals surface area contributed by atoms with Crippen molar-refractivity contribution in [3.8, 4) is 11.1 Å². The van der Waals surface area contributed by atoms with Crippen molar-refractivity contribution in [2.75, 3.05) is 19.8 Å². The smallest absolute Gasteiger partial charge is 0.268 e. The van der Waals surface area contributed by atoms with Crippen molar-refractivity contribution in [3.05, 3.63) is 58.0 Å². The number of hydrogen-bond donors (Lipinski definition) is 2. The molecule has 5 heteroatoms. The van der Waals surface area contributed by atoms with Gasteiger partial charge >= 0.3 is 0 Å². The normalized spacial score (nSPS) is 17.0. The first-order valence-electron chi connectivity index (χ1n) is 8.80. The van der Waals surface area contributed by atoms with Gasteiger partial charge in [-0.3, -0.25) is 9.80 Å². The minimum atomic E-state index is -0.426. The molecule has 1 amide bonds. The third-order valence-electron chi connectivity index (χ3n) is 5.21. The molecule has 0 atom stereocenters. The third-order valence-corrected chi connectivity index (χ3v) is 5.21. The van der Waals surface area contributed by atoms with Crippen molar-refractivity contribution >= 4 is 18.2 Å². The Kier molecular flexibility index (Phi) is 4.05. The number of nitrogens with zero attached hydrogens (tertiary/aromatic N) is 1. The van der Waals surface area contributed by atoms with Crippen molar-refractivity contribution in [1.29, 1.82) is 0 Å². The molecule has 2 aromatic rings. The molecule has 0 spiro atoms. The summed E-state index contributed by atoms with van der Waals surface area (Å²) >= 11 is 0. The van der Waals surface area contributed by atoms with Crippen LogP contribution in [0.25, 0.3) is 23.4 Å². The largest absolute Gasteiger partial charge is 0.387 e. The molecule has 5 nitrogen and oxygen atoms in total. The number of amides is 1. The first-order valence-corrected chi connectivity index (χ1v) is 8.80. The summed E-state index contributed by atoms with van der Waals surface area (Å²) in [7, 11) is 0. The zero-order valence-electron chi connectivity index (χ0n) is 15.1. The number of ether oxygens (including phenoxy) is 1. The van der Waals surface area contributed by atoms with E-state index in [0.717, 1.165) is 28.5 Å². The molecule has 4 rings (SSSR count). The lowest BCUT2D eigenvalue weighted by molar-refractivity contribution is -0.116. The average molecular weight is 349 g/mol. The van der Waals surface area contributed by atoms with E-state index in [-0.39, 0.29) is 5.91 Å². The number of hydrogen-bond acceptors (Lipinski definition) is 4. The number of rotatable bonds is 3. The van der Waals surface area contributed by atoms with Gasteiger partial charge in [-0.25, -0.2) is 5.84 Å². The molecule has 2 aliphatic rings. The number of fused-ring (bicyclic) bond motifs is 1. The van der Waals surface area contributed by atoms with Gasteiger partial charge in [-0.05, 0) is 59.2 Å². The Morgan fingerprint density at radius 1 is 1.19 bits per heavy atom. The monoisotopic (exact) mass is 349 g/mol. The molecule has 3 N–H and O–H groups in total. The topological polar surface area (TPSA) is 67.6 Å². The van der Waals surface area contributed by atoms with E-state index in [1.54, 1.807) is 0 Å². The quantitative estimate of drug-likeness (QED) is 0.491. The van der Waals surface area contributed by atoms with Gasteiger partial charge in [-0.2, -0.15) is 0 Å². The summed E-state index contributed by atoms with van der Waals surface area (Å²) in [5.41, 5.74) is 3.42. The lowest BCUT2D eigenvalue weighted by Crippen LogP contribution is -2.64. The second-order valence-electron chi connectivity index (χ2n) is 7.30. The number of nitrogens with one attached hydrogen (secondary N) is 1. The molecule has 0 unspecified atom stereocenters. The standard InChI is InChI=1S/C21H23N3O2/c1-14-3-4-17(20(25)24(22)21(2)12-26-13-21)10-19(14)16-6-5-15-7-8-23-11-18(15)9-16/h3-7,9-11,23H,8,12-13,22H2,1-2H3. The number of carbonyl (C=O) groups excluding carboxylic acids is 1. The molecular weight excluding hydrogens is 326 g/mol. The molecule has 0 radical (unpaired) electrons. The maximum atomic E-state index is 12.8. The van der Waals surface area contributed by atoms with Crippen LogP contribution >= 0.6 is 0 Å². The minimum absolute atomic E-state index is 0.184. The van der Waals surface area contributed by atoms with Gasteiger partial charge in [0.1, 0.15) is 5.54 Å². The van der Waals surface area contributed by atoms with Gasteiger partial charge < -0.3 is 10.1 Å². The summed E-state index contributed by atoms with van der Waals surface area (Å²) in [5.74, 6) is 5.91. The SMILES string of the molecule is Cc1ccc(C(=O)N(N)C2(C)COC2)cc1-c1ccc2c(c1)=CNCC=2. The van der Waals surface area contributed by atoms with Crippen LogP contribution in [0.1, 0.15) is 22.8 Å². The van der Waals surface area contributed by atoms with Gasteiger partial charge in [-0.15, -0.1) is 0 Å². The Balaban J connectivity index is 1.72. The molecule has 0 aliphatic carbocycles. The van der Waals surface area contributed by atoms with Crippen molar-refractivity contribution in [3.63, 3.8) is 0 Å². The zero-order chi connectivity index (χ0) is 18.3. The highest BCUT2D eigenvalue weighted by Gasteiger charge is 2.41. The molecular formula is C21H23N3O2. The van der Waals surface area contributed by atoms with E-state index in [4.69, 9.17) is 10.6 Å². The second kappa shape index (κ2) is 6.27. The predicted octanol–water partition coefficient (Wildman–Crippen LogP) is 0.889. The summed E-state index contributed by atoms with van der Waals surface area (Å²) in [6.07, 6.45) is 4.20. The summed E-state index contributed by atoms with van der Waals surface area (Å²) in [4.78, 5) is 12.8. The molecule has 1 fully saturated rings. The highest BCUT2D eigenvalue weighted by atomic mass is 16.5. The molecule has 0 aromatic heterocycles. The molecule has 26 heavy (non-hydrogen) atoms. The fourth-order valence-electron chi connectivity index (χ4n) is 3.38. The Morgan fingerprint density at radius 2 is 2.00 bits per heavy atom. The molecule has 0 saturated carbocycles. The Hall–Kier alpha value is -2.63. The van der Waals surface area contributed by atoms with Crippen LogP contribution in [0.3, 0.4) is 0 Å². The van der Waals surface area contributed by atoms with Gasteiger partial charge in [-0.1, -0.05) is 24.3 Å². The van der Waals surface area contributed by atoms with E-state index in [1.165, 1.54) is 10.2 Å². The van der Waals surface area contributed by atoms with Gasteiger partial charge in [0.15, 0.2) is 0 Å². The predicted molar refractivity (Wildman–Crippen MR) is 102 cm³/mol. The molecule has 0 bridgehead atoms. The number of benzene rings is 2. The van der Waals surface area contributed by atoms with Crippen molar-refractivity contribution in [2.45, 2.75) is 19.4 Å². The van der Waals surface area contributed by atoms with Crippen molar-refractivity contribution in [2.24, 2.45) is 5.84 Å². The first kappa shape index (κ1) is 16.8. The van der Waals surface area contributed by atoms with Crippen molar-refractivity contribution in [1.82, 2.24) is 10.3 Å². The summed E-state index contributed by atoms with van der Waals surface area (Å²) in [5, 5.41) is 6.93. The lowest BCUT2D eigenvalue weighted by atomic mass is 9.95. The minimum Gasteiger partial charge on any atom is -0.387 e. The van der Waals surface area contributed by atoms with E-state index in [0.29, 0.717) is 18.8 Å². The van der Waals surface area contributed by atoms with Crippen molar-refractivity contribution < 1.29 is 9.53 Å². The zero-order valence-corrected chi connectivity index (χ0v) is 15.1. The van der Waals surface area contributed by atoms with E-state index >= 15 is 0 Å². The highest BCUT2D eigenvalue weighted by Crippen LogP contribution is 2.27. The highest BCUT2D eigenvalue weighted by molar-refractivity contribution is 5.96. The van der Waals surface area contributed by atoms with E-state index in [9.17, 15) is 4.79 Å². The Labute approximate surface area is 152 Å². The lowest BCUT2D eigenvalue weighted by Gasteiger charge is -2.44. The van der Waals surface area contributed by atoms with Gasteiger partial charge in [0.25, 0.3) is 5.91 Å². The average Bonchev–Trinajstić information content (AvgIpc) is 2.65.